The van der Waals surface area contributed by atoms with Crippen LogP contribution in [-0.4, -0.2) is 5.97 Å². The molecule has 12 heavy (non-hydrogen) atoms. The zero-order chi connectivity index (χ0) is 8.27. The standard InChI is InChI=1S/C8H8NO2.Hg/c9-7-3-1-6(2-4-7)5-8(10)11;/h1-4,9H,5H2,(H,10,11);/q-1;+2/p-1. The van der Waals surface area contributed by atoms with Gasteiger partial charge in [-0.2, -0.15) is 0 Å². The van der Waals surface area contributed by atoms with Crippen LogP contribution in [0.3, 0.4) is 0 Å². The van der Waals surface area contributed by atoms with Gasteiger partial charge in [-0.3, -0.25) is 0 Å². The van der Waals surface area contributed by atoms with E-state index in [1.54, 1.807) is 24.3 Å². The van der Waals surface area contributed by atoms with Gasteiger partial charge in [0, 0.05) is 12.4 Å². The van der Waals surface area contributed by atoms with Crippen LogP contribution in [-0.2, 0) is 38.9 Å². The minimum absolute atomic E-state index is 0. The second-order valence-corrected chi connectivity index (χ2v) is 2.25. The summed E-state index contributed by atoms with van der Waals surface area (Å²) in [7, 11) is 0. The van der Waals surface area contributed by atoms with Crippen LogP contribution in [0.4, 0.5) is 5.69 Å². The maximum absolute atomic E-state index is 10.1. The quantitative estimate of drug-likeness (QED) is 0.736. The second-order valence-electron chi connectivity index (χ2n) is 2.25. The molecule has 1 N–H and O–H groups in total. The van der Waals surface area contributed by atoms with E-state index in [1.807, 2.05) is 0 Å². The molecule has 0 atom stereocenters. The predicted molar refractivity (Wildman–Crippen MR) is 39.1 cm³/mol. The summed E-state index contributed by atoms with van der Waals surface area (Å²) < 4.78 is 0. The topological polar surface area (TPSA) is 63.9 Å². The zero-order valence-electron chi connectivity index (χ0n) is 6.54. The van der Waals surface area contributed by atoms with Gasteiger partial charge in [0.1, 0.15) is 0 Å². The summed E-state index contributed by atoms with van der Waals surface area (Å²) in [6.07, 6.45) is -0.0831. The van der Waals surface area contributed by atoms with Gasteiger partial charge < -0.3 is 15.6 Å². The molecule has 0 radical (unpaired) electrons. The van der Waals surface area contributed by atoms with Crippen molar-refractivity contribution in [2.24, 2.45) is 0 Å². The number of carboxylic acid groups (broad SMARTS) is 1. The van der Waals surface area contributed by atoms with E-state index in [-0.39, 0.29) is 34.1 Å². The number of benzene rings is 1. The maximum Gasteiger partial charge on any atom is 2.00 e. The van der Waals surface area contributed by atoms with E-state index < -0.39 is 5.97 Å². The molecule has 0 aliphatic heterocycles. The maximum atomic E-state index is 10.1. The largest absolute Gasteiger partial charge is 2.00 e. The van der Waals surface area contributed by atoms with Crippen molar-refractivity contribution in [3.63, 3.8) is 0 Å². The molecule has 0 aromatic heterocycles. The Hall–Kier alpha value is -0.575. The molecule has 58 valence electrons. The fourth-order valence-corrected chi connectivity index (χ4v) is 0.789. The second kappa shape index (κ2) is 5.14. The van der Waals surface area contributed by atoms with Gasteiger partial charge in [0.15, 0.2) is 0 Å². The Morgan fingerprint density at radius 3 is 2.25 bits per heavy atom. The molecule has 0 heterocycles. The van der Waals surface area contributed by atoms with Crippen LogP contribution in [0.1, 0.15) is 5.56 Å². The average Bonchev–Trinajstić information content (AvgIpc) is 1.93. The van der Waals surface area contributed by atoms with Gasteiger partial charge in [-0.15, -0.1) is 5.69 Å². The van der Waals surface area contributed by atoms with Crippen LogP contribution in [0, 0.1) is 0 Å². The first-order valence-electron chi connectivity index (χ1n) is 3.19. The molecule has 0 aliphatic rings. The molecular weight excluding hydrogens is 343 g/mol. The molecule has 0 spiro atoms. The number of carboxylic acids is 1. The SMILES string of the molecule is [Hg+2].[NH-]c1ccc(CC(=O)[O-])cc1. The number of rotatable bonds is 2. The normalized spacial score (nSPS) is 8.67. The molecule has 0 bridgehead atoms. The minimum atomic E-state index is -1.09. The van der Waals surface area contributed by atoms with Crippen molar-refractivity contribution in [2.75, 3.05) is 0 Å². The van der Waals surface area contributed by atoms with Gasteiger partial charge in [-0.05, 0) is 5.56 Å². The van der Waals surface area contributed by atoms with Crippen molar-refractivity contribution in [1.29, 1.82) is 0 Å². The summed E-state index contributed by atoms with van der Waals surface area (Å²) in [5.41, 5.74) is 8.16. The van der Waals surface area contributed by atoms with Gasteiger partial charge in [-0.1, -0.05) is 24.3 Å². The Morgan fingerprint density at radius 1 is 1.33 bits per heavy atom. The molecule has 3 nitrogen and oxygen atoms in total. The molecule has 1 aromatic carbocycles. The van der Waals surface area contributed by atoms with Crippen molar-refractivity contribution in [3.8, 4) is 0 Å². The zero-order valence-corrected chi connectivity index (χ0v) is 12.0. The van der Waals surface area contributed by atoms with Gasteiger partial charge in [0.25, 0.3) is 0 Å². The number of hydrogen-bond acceptors (Lipinski definition) is 2. The first-order valence-corrected chi connectivity index (χ1v) is 3.19. The van der Waals surface area contributed by atoms with Crippen LogP contribution in [0.5, 0.6) is 0 Å². The molecule has 0 unspecified atom stereocenters. The monoisotopic (exact) mass is 351 g/mol. The third kappa shape index (κ3) is 3.71. The fourth-order valence-electron chi connectivity index (χ4n) is 0.789. The van der Waals surface area contributed by atoms with Gasteiger partial charge in [0.2, 0.25) is 0 Å². The smallest absolute Gasteiger partial charge is 0.699 e. The Balaban J connectivity index is 0.00000121. The molecule has 0 fully saturated rings. The van der Waals surface area contributed by atoms with Gasteiger partial charge in [-0.25, -0.2) is 0 Å². The summed E-state index contributed by atoms with van der Waals surface area (Å²) in [5.74, 6) is -1.09. The summed E-state index contributed by atoms with van der Waals surface area (Å²) in [6.45, 7) is 0. The molecule has 1 rings (SSSR count). The number of nitrogens with one attached hydrogen (secondary N) is 1. The molecule has 4 heteroatoms. The van der Waals surface area contributed by atoms with E-state index in [4.69, 9.17) is 5.73 Å². The average molecular weight is 350 g/mol. The van der Waals surface area contributed by atoms with Crippen molar-refractivity contribution in [3.05, 3.63) is 35.6 Å². The summed E-state index contributed by atoms with van der Waals surface area (Å²) >= 11 is 0. The van der Waals surface area contributed by atoms with Crippen LogP contribution in [0.2, 0.25) is 0 Å². The van der Waals surface area contributed by atoms with Crippen molar-refractivity contribution in [2.45, 2.75) is 6.42 Å². The van der Waals surface area contributed by atoms with E-state index in [1.165, 1.54) is 0 Å². The van der Waals surface area contributed by atoms with Gasteiger partial charge >= 0.3 is 27.7 Å². The van der Waals surface area contributed by atoms with Gasteiger partial charge in [0.05, 0.1) is 0 Å². The summed E-state index contributed by atoms with van der Waals surface area (Å²) in [5, 5.41) is 10.1. The van der Waals surface area contributed by atoms with E-state index in [2.05, 4.69) is 0 Å². The Morgan fingerprint density at radius 2 is 1.83 bits per heavy atom. The summed E-state index contributed by atoms with van der Waals surface area (Å²) in [4.78, 5) is 10.1. The first kappa shape index (κ1) is 11.4. The Kier molecular flexibility index (Phi) is 4.89. The van der Waals surface area contributed by atoms with Crippen molar-refractivity contribution < 1.29 is 37.6 Å². The predicted octanol–water partition coefficient (Wildman–Crippen LogP) is 0.660. The van der Waals surface area contributed by atoms with Crippen LogP contribution in [0.25, 0.3) is 5.73 Å². The molecule has 0 aliphatic carbocycles. The number of carbonyl (C=O) groups excluding carboxylic acids is 1. The van der Waals surface area contributed by atoms with Crippen molar-refractivity contribution >= 4 is 11.7 Å². The van der Waals surface area contributed by atoms with Crippen LogP contribution in [0.15, 0.2) is 24.3 Å². The van der Waals surface area contributed by atoms with Crippen molar-refractivity contribution in [1.82, 2.24) is 0 Å². The third-order valence-electron chi connectivity index (χ3n) is 1.30. The summed E-state index contributed by atoms with van der Waals surface area (Å²) in [6, 6.07) is 6.33. The molecule has 0 saturated carbocycles. The van der Waals surface area contributed by atoms with E-state index in [9.17, 15) is 9.90 Å². The van der Waals surface area contributed by atoms with E-state index in [0.29, 0.717) is 11.3 Å². The Bertz CT molecular complexity index is 258. The molecule has 1 aromatic rings. The van der Waals surface area contributed by atoms with Crippen LogP contribution < -0.4 is 5.11 Å². The molecular formula is C8H7HgNO2. The van der Waals surface area contributed by atoms with Crippen LogP contribution >= 0.6 is 0 Å². The van der Waals surface area contributed by atoms with E-state index >= 15 is 0 Å². The number of carbonyl (C=O) groups is 1. The first-order chi connectivity index (χ1) is 5.18. The van der Waals surface area contributed by atoms with E-state index in [0.717, 1.165) is 0 Å². The fraction of sp³-hybridized carbons (Fsp3) is 0.125. The number of aliphatic carboxylic acids is 1. The number of hydrogen-bond donors (Lipinski definition) is 0. The third-order valence-corrected chi connectivity index (χ3v) is 1.30. The minimum Gasteiger partial charge on any atom is -0.699 e. The molecule has 0 amide bonds. The Labute approximate surface area is 91.1 Å². The molecule has 0 saturated heterocycles.